The third kappa shape index (κ3) is 6.19. The van der Waals surface area contributed by atoms with Gasteiger partial charge in [-0.2, -0.15) is 4.98 Å². The van der Waals surface area contributed by atoms with Crippen molar-refractivity contribution < 1.29 is 18.8 Å². The van der Waals surface area contributed by atoms with Gasteiger partial charge in [0.2, 0.25) is 17.6 Å². The number of aryl methyl sites for hydroxylation is 2. The molecule has 0 bridgehead atoms. The van der Waals surface area contributed by atoms with E-state index in [2.05, 4.69) is 22.3 Å². The number of hydrogen-bond donors (Lipinski definition) is 0. The quantitative estimate of drug-likeness (QED) is 0.526. The Morgan fingerprint density at radius 1 is 0.970 bits per heavy atom. The second kappa shape index (κ2) is 10.8. The maximum atomic E-state index is 12.8. The molecule has 2 aromatic carbocycles. The zero-order valence-corrected chi connectivity index (χ0v) is 18.8. The summed E-state index contributed by atoms with van der Waals surface area (Å²) in [4.78, 5) is 33.1. The van der Waals surface area contributed by atoms with E-state index < -0.39 is 0 Å². The molecule has 0 radical (unpaired) electrons. The molecule has 1 fully saturated rings. The van der Waals surface area contributed by atoms with Gasteiger partial charge in [0.15, 0.2) is 6.61 Å². The fourth-order valence-electron chi connectivity index (χ4n) is 3.83. The normalized spacial score (nSPS) is 13.7. The SMILES string of the molecule is Cc1nc(COc2ccc(C(=O)N3CCN(C(=O)CCCc4ccccc4)CC3)cc2)no1. The van der Waals surface area contributed by atoms with Gasteiger partial charge in [-0.05, 0) is 42.7 Å². The summed E-state index contributed by atoms with van der Waals surface area (Å²) in [7, 11) is 0. The summed E-state index contributed by atoms with van der Waals surface area (Å²) in [6.45, 7) is 4.14. The maximum Gasteiger partial charge on any atom is 0.253 e. The molecule has 2 heterocycles. The molecule has 172 valence electrons. The smallest absolute Gasteiger partial charge is 0.253 e. The Hall–Kier alpha value is -3.68. The summed E-state index contributed by atoms with van der Waals surface area (Å²) in [5.41, 5.74) is 1.85. The van der Waals surface area contributed by atoms with Crippen LogP contribution < -0.4 is 4.74 Å². The number of piperazine rings is 1. The topological polar surface area (TPSA) is 88.8 Å². The summed E-state index contributed by atoms with van der Waals surface area (Å²) in [5, 5.41) is 3.79. The van der Waals surface area contributed by atoms with E-state index in [1.54, 1.807) is 36.1 Å². The van der Waals surface area contributed by atoms with E-state index in [4.69, 9.17) is 9.26 Å². The molecule has 8 nitrogen and oxygen atoms in total. The van der Waals surface area contributed by atoms with E-state index in [0.29, 0.717) is 55.6 Å². The number of nitrogens with zero attached hydrogens (tertiary/aromatic N) is 4. The molecular formula is C25H28N4O4. The zero-order chi connectivity index (χ0) is 23.0. The third-order valence-corrected chi connectivity index (χ3v) is 5.66. The highest BCUT2D eigenvalue weighted by Gasteiger charge is 2.24. The first-order chi connectivity index (χ1) is 16.1. The highest BCUT2D eigenvalue weighted by molar-refractivity contribution is 5.94. The number of amides is 2. The van der Waals surface area contributed by atoms with Gasteiger partial charge in [-0.1, -0.05) is 35.5 Å². The van der Waals surface area contributed by atoms with Crippen molar-refractivity contribution in [2.45, 2.75) is 32.8 Å². The Labute approximate surface area is 193 Å². The van der Waals surface area contributed by atoms with Crippen LogP contribution >= 0.6 is 0 Å². The molecule has 4 rings (SSSR count). The number of hydrogen-bond acceptors (Lipinski definition) is 6. The van der Waals surface area contributed by atoms with Gasteiger partial charge in [-0.3, -0.25) is 9.59 Å². The third-order valence-electron chi connectivity index (χ3n) is 5.66. The summed E-state index contributed by atoms with van der Waals surface area (Å²) in [6.07, 6.45) is 2.27. The first-order valence-corrected chi connectivity index (χ1v) is 11.2. The molecule has 0 atom stereocenters. The van der Waals surface area contributed by atoms with Crippen molar-refractivity contribution in [2.75, 3.05) is 26.2 Å². The average Bonchev–Trinajstić information content (AvgIpc) is 3.28. The zero-order valence-electron chi connectivity index (χ0n) is 18.8. The molecule has 1 aliphatic heterocycles. The Balaban J connectivity index is 1.20. The predicted octanol–water partition coefficient (Wildman–Crippen LogP) is 3.26. The minimum atomic E-state index is -0.0356. The monoisotopic (exact) mass is 448 g/mol. The van der Waals surface area contributed by atoms with Crippen molar-refractivity contribution in [1.29, 1.82) is 0 Å². The minimum absolute atomic E-state index is 0.0356. The highest BCUT2D eigenvalue weighted by atomic mass is 16.5. The summed E-state index contributed by atoms with van der Waals surface area (Å²) < 4.78 is 10.5. The van der Waals surface area contributed by atoms with Crippen molar-refractivity contribution in [2.24, 2.45) is 0 Å². The maximum absolute atomic E-state index is 12.8. The first-order valence-electron chi connectivity index (χ1n) is 11.2. The van der Waals surface area contributed by atoms with Gasteiger partial charge in [-0.25, -0.2) is 0 Å². The van der Waals surface area contributed by atoms with Crippen LogP contribution in [0.5, 0.6) is 5.75 Å². The molecule has 1 saturated heterocycles. The van der Waals surface area contributed by atoms with E-state index in [9.17, 15) is 9.59 Å². The van der Waals surface area contributed by atoms with Crippen LogP contribution in [-0.4, -0.2) is 57.9 Å². The standard InChI is InChI=1S/C25H28N4O4/c1-19-26-23(27-33-19)18-32-22-12-10-21(11-13-22)25(31)29-16-14-28(15-17-29)24(30)9-5-8-20-6-3-2-4-7-20/h2-4,6-7,10-13H,5,8-9,14-18H2,1H3. The average molecular weight is 449 g/mol. The molecule has 0 unspecified atom stereocenters. The van der Waals surface area contributed by atoms with E-state index in [1.165, 1.54) is 5.56 Å². The van der Waals surface area contributed by atoms with E-state index >= 15 is 0 Å². The van der Waals surface area contributed by atoms with Gasteiger partial charge in [-0.15, -0.1) is 0 Å². The molecule has 3 aromatic rings. The van der Waals surface area contributed by atoms with Crippen LogP contribution in [0.15, 0.2) is 59.1 Å². The molecule has 0 saturated carbocycles. The predicted molar refractivity (Wildman–Crippen MR) is 122 cm³/mol. The number of ether oxygens (including phenoxy) is 1. The fourth-order valence-corrected chi connectivity index (χ4v) is 3.83. The van der Waals surface area contributed by atoms with Crippen LogP contribution in [-0.2, 0) is 17.8 Å². The van der Waals surface area contributed by atoms with Gasteiger partial charge in [0, 0.05) is 45.1 Å². The number of rotatable bonds is 8. The molecule has 0 spiro atoms. The summed E-state index contributed by atoms with van der Waals surface area (Å²) in [6, 6.07) is 17.2. The van der Waals surface area contributed by atoms with Gasteiger partial charge < -0.3 is 19.1 Å². The summed E-state index contributed by atoms with van der Waals surface area (Å²) in [5.74, 6) is 1.71. The van der Waals surface area contributed by atoms with Gasteiger partial charge in [0.05, 0.1) is 0 Å². The van der Waals surface area contributed by atoms with Crippen molar-refractivity contribution in [3.63, 3.8) is 0 Å². The second-order valence-electron chi connectivity index (χ2n) is 8.05. The Bertz CT molecular complexity index is 1060. The lowest BCUT2D eigenvalue weighted by Crippen LogP contribution is -2.50. The minimum Gasteiger partial charge on any atom is -0.485 e. The lowest BCUT2D eigenvalue weighted by Gasteiger charge is -2.35. The number of carbonyl (C=O) groups excluding carboxylic acids is 2. The van der Waals surface area contributed by atoms with Gasteiger partial charge in [0.25, 0.3) is 5.91 Å². The molecule has 1 aromatic heterocycles. The molecule has 33 heavy (non-hydrogen) atoms. The molecular weight excluding hydrogens is 420 g/mol. The van der Waals surface area contributed by atoms with Gasteiger partial charge in [0.1, 0.15) is 5.75 Å². The highest BCUT2D eigenvalue weighted by Crippen LogP contribution is 2.16. The van der Waals surface area contributed by atoms with Gasteiger partial charge >= 0.3 is 0 Å². The van der Waals surface area contributed by atoms with Crippen LogP contribution in [0.1, 0.15) is 40.5 Å². The molecule has 8 heteroatoms. The Kier molecular flexibility index (Phi) is 7.34. The lowest BCUT2D eigenvalue weighted by atomic mass is 10.1. The van der Waals surface area contributed by atoms with Crippen LogP contribution in [0.4, 0.5) is 0 Å². The lowest BCUT2D eigenvalue weighted by molar-refractivity contribution is -0.132. The van der Waals surface area contributed by atoms with Crippen molar-refractivity contribution >= 4 is 11.8 Å². The molecule has 0 aliphatic carbocycles. The largest absolute Gasteiger partial charge is 0.485 e. The number of carbonyl (C=O) groups is 2. The second-order valence-corrected chi connectivity index (χ2v) is 8.05. The molecule has 0 N–H and O–H groups in total. The Morgan fingerprint density at radius 2 is 1.67 bits per heavy atom. The van der Waals surface area contributed by atoms with E-state index in [0.717, 1.165) is 12.8 Å². The van der Waals surface area contributed by atoms with Crippen molar-refractivity contribution in [3.8, 4) is 5.75 Å². The fraction of sp³-hybridized carbons (Fsp3) is 0.360. The van der Waals surface area contributed by atoms with Crippen LogP contribution in [0.2, 0.25) is 0 Å². The van der Waals surface area contributed by atoms with E-state index in [-0.39, 0.29) is 18.4 Å². The van der Waals surface area contributed by atoms with Crippen LogP contribution in [0.3, 0.4) is 0 Å². The van der Waals surface area contributed by atoms with Crippen LogP contribution in [0, 0.1) is 6.92 Å². The summed E-state index contributed by atoms with van der Waals surface area (Å²) >= 11 is 0. The van der Waals surface area contributed by atoms with E-state index in [1.807, 2.05) is 23.1 Å². The molecule has 2 amide bonds. The number of aromatic nitrogens is 2. The Morgan fingerprint density at radius 3 is 2.33 bits per heavy atom. The molecule has 1 aliphatic rings. The van der Waals surface area contributed by atoms with Crippen molar-refractivity contribution in [3.05, 3.63) is 77.4 Å². The first kappa shape index (κ1) is 22.5. The van der Waals surface area contributed by atoms with Crippen LogP contribution in [0.25, 0.3) is 0 Å². The number of benzene rings is 2. The van der Waals surface area contributed by atoms with Crippen molar-refractivity contribution in [1.82, 2.24) is 19.9 Å².